The molecule has 1 aliphatic heterocycles. The second-order valence-corrected chi connectivity index (χ2v) is 9.71. The summed E-state index contributed by atoms with van der Waals surface area (Å²) in [5.41, 5.74) is 4.75. The zero-order chi connectivity index (χ0) is 25.6. The Balaban J connectivity index is 1.13. The molecule has 1 saturated heterocycles. The van der Waals surface area contributed by atoms with E-state index in [4.69, 9.17) is 9.15 Å². The smallest absolute Gasteiger partial charge is 0.251 e. The molecule has 0 bridgehead atoms. The summed E-state index contributed by atoms with van der Waals surface area (Å²) in [4.78, 5) is 19.9. The number of rotatable bonds is 8. The van der Waals surface area contributed by atoms with Gasteiger partial charge in [0.05, 0.1) is 0 Å². The highest BCUT2D eigenvalue weighted by atomic mass is 16.5. The van der Waals surface area contributed by atoms with Crippen molar-refractivity contribution in [2.75, 3.05) is 13.1 Å². The number of nitrogens with zero attached hydrogens (tertiary/aromatic N) is 2. The third-order valence-corrected chi connectivity index (χ3v) is 6.86. The highest BCUT2D eigenvalue weighted by molar-refractivity contribution is 5.94. The van der Waals surface area contributed by atoms with Gasteiger partial charge in [-0.3, -0.25) is 9.69 Å². The number of oxazole rings is 1. The van der Waals surface area contributed by atoms with E-state index in [9.17, 15) is 4.79 Å². The second-order valence-electron chi connectivity index (χ2n) is 9.71. The number of carbonyl (C=O) groups is 1. The first-order valence-corrected chi connectivity index (χ1v) is 12.9. The van der Waals surface area contributed by atoms with Crippen LogP contribution in [-0.4, -0.2) is 34.9 Å². The van der Waals surface area contributed by atoms with Gasteiger partial charge in [0.25, 0.3) is 5.91 Å². The molecule has 2 heterocycles. The Kier molecular flexibility index (Phi) is 7.66. The van der Waals surface area contributed by atoms with E-state index >= 15 is 0 Å². The zero-order valence-corrected chi connectivity index (χ0v) is 21.4. The Morgan fingerprint density at radius 1 is 0.973 bits per heavy atom. The topological polar surface area (TPSA) is 67.6 Å². The maximum atomic E-state index is 12.9. The van der Waals surface area contributed by atoms with E-state index in [-0.39, 0.29) is 11.9 Å². The summed E-state index contributed by atoms with van der Waals surface area (Å²) < 4.78 is 11.7. The molecule has 37 heavy (non-hydrogen) atoms. The summed E-state index contributed by atoms with van der Waals surface area (Å²) in [6, 6.07) is 26.1. The minimum atomic E-state index is -0.0381. The van der Waals surface area contributed by atoms with Gasteiger partial charge >= 0.3 is 0 Å². The van der Waals surface area contributed by atoms with Gasteiger partial charge in [-0.05, 0) is 68.7 Å². The fourth-order valence-corrected chi connectivity index (χ4v) is 4.58. The van der Waals surface area contributed by atoms with Crippen LogP contribution in [0.15, 0.2) is 83.3 Å². The summed E-state index contributed by atoms with van der Waals surface area (Å²) in [5, 5.41) is 3.21. The molecule has 0 saturated carbocycles. The lowest BCUT2D eigenvalue weighted by atomic mass is 10.0. The quantitative estimate of drug-likeness (QED) is 0.328. The molecule has 0 atom stereocenters. The summed E-state index contributed by atoms with van der Waals surface area (Å²) in [7, 11) is 0. The fraction of sp³-hybridized carbons (Fsp3) is 0.290. The Labute approximate surface area is 218 Å². The monoisotopic (exact) mass is 495 g/mol. The molecule has 3 aromatic carbocycles. The van der Waals surface area contributed by atoms with Crippen molar-refractivity contribution in [3.63, 3.8) is 0 Å². The lowest BCUT2D eigenvalue weighted by molar-refractivity contribution is 0.0909. The predicted octanol–water partition coefficient (Wildman–Crippen LogP) is 5.93. The number of amides is 1. The maximum Gasteiger partial charge on any atom is 0.251 e. The van der Waals surface area contributed by atoms with Gasteiger partial charge < -0.3 is 14.5 Å². The van der Waals surface area contributed by atoms with E-state index in [1.807, 2.05) is 68.4 Å². The normalized spacial score (nSPS) is 14.4. The highest BCUT2D eigenvalue weighted by Crippen LogP contribution is 2.24. The lowest BCUT2D eigenvalue weighted by Crippen LogP contribution is -2.44. The number of aryl methyl sites for hydroxylation is 2. The molecule has 5 rings (SSSR count). The highest BCUT2D eigenvalue weighted by Gasteiger charge is 2.21. The average Bonchev–Trinajstić information content (AvgIpc) is 3.30. The van der Waals surface area contributed by atoms with Crippen molar-refractivity contribution in [1.29, 1.82) is 0 Å². The van der Waals surface area contributed by atoms with Gasteiger partial charge in [-0.1, -0.05) is 48.0 Å². The molecule has 1 fully saturated rings. The number of ether oxygens (including phenoxy) is 1. The van der Waals surface area contributed by atoms with Crippen LogP contribution < -0.4 is 10.1 Å². The Morgan fingerprint density at radius 3 is 2.38 bits per heavy atom. The summed E-state index contributed by atoms with van der Waals surface area (Å²) in [5.74, 6) is 2.01. The van der Waals surface area contributed by atoms with Crippen LogP contribution >= 0.6 is 0 Å². The fourth-order valence-electron chi connectivity index (χ4n) is 4.58. The number of benzene rings is 3. The minimum Gasteiger partial charge on any atom is -0.487 e. The number of nitrogens with one attached hydrogen (secondary N) is 1. The van der Waals surface area contributed by atoms with Crippen molar-refractivity contribution >= 4 is 5.91 Å². The molecule has 4 aromatic rings. The minimum absolute atomic E-state index is 0.0381. The number of likely N-dealkylation sites (tertiary alicyclic amines) is 1. The molecule has 0 unspecified atom stereocenters. The van der Waals surface area contributed by atoms with E-state index in [1.54, 1.807) is 0 Å². The van der Waals surface area contributed by atoms with E-state index in [0.29, 0.717) is 18.1 Å². The van der Waals surface area contributed by atoms with E-state index in [0.717, 1.165) is 55.2 Å². The van der Waals surface area contributed by atoms with Gasteiger partial charge in [0.15, 0.2) is 0 Å². The molecule has 1 amide bonds. The number of aromatic nitrogens is 1. The SMILES string of the molecule is Cc1ccc(OCc2nc(-c3ccc(C(=O)NC4CCN(Cc5ccccc5)CC4)cc3)oc2C)cc1. The molecule has 1 aliphatic rings. The largest absolute Gasteiger partial charge is 0.487 e. The number of hydrogen-bond acceptors (Lipinski definition) is 5. The van der Waals surface area contributed by atoms with Crippen LogP contribution in [0.2, 0.25) is 0 Å². The first kappa shape index (κ1) is 24.8. The maximum absolute atomic E-state index is 12.9. The average molecular weight is 496 g/mol. The molecule has 6 heteroatoms. The van der Waals surface area contributed by atoms with Crippen molar-refractivity contribution in [2.24, 2.45) is 0 Å². The zero-order valence-electron chi connectivity index (χ0n) is 21.4. The molecule has 6 nitrogen and oxygen atoms in total. The van der Waals surface area contributed by atoms with Gasteiger partial charge in [-0.2, -0.15) is 0 Å². The van der Waals surface area contributed by atoms with Gasteiger partial charge in [-0.25, -0.2) is 4.98 Å². The predicted molar refractivity (Wildman–Crippen MR) is 144 cm³/mol. The molecule has 1 N–H and O–H groups in total. The lowest BCUT2D eigenvalue weighted by Gasteiger charge is -2.32. The molecule has 190 valence electrons. The van der Waals surface area contributed by atoms with Crippen molar-refractivity contribution in [1.82, 2.24) is 15.2 Å². The molecule has 0 radical (unpaired) electrons. The number of hydrogen-bond donors (Lipinski definition) is 1. The molecular weight excluding hydrogens is 462 g/mol. The van der Waals surface area contributed by atoms with E-state index in [2.05, 4.69) is 39.5 Å². The Morgan fingerprint density at radius 2 is 1.68 bits per heavy atom. The van der Waals surface area contributed by atoms with Crippen LogP contribution in [0.3, 0.4) is 0 Å². The van der Waals surface area contributed by atoms with Crippen LogP contribution in [0.5, 0.6) is 5.75 Å². The first-order valence-electron chi connectivity index (χ1n) is 12.9. The van der Waals surface area contributed by atoms with Crippen molar-refractivity contribution in [2.45, 2.75) is 45.9 Å². The first-order chi connectivity index (χ1) is 18.0. The van der Waals surface area contributed by atoms with Crippen molar-refractivity contribution in [3.8, 4) is 17.2 Å². The number of piperidine rings is 1. The van der Waals surface area contributed by atoms with E-state index in [1.165, 1.54) is 11.1 Å². The Hall–Kier alpha value is -3.90. The van der Waals surface area contributed by atoms with Crippen LogP contribution in [0, 0.1) is 13.8 Å². The number of carbonyl (C=O) groups excluding carboxylic acids is 1. The van der Waals surface area contributed by atoms with Crippen LogP contribution in [0.25, 0.3) is 11.5 Å². The van der Waals surface area contributed by atoms with Gasteiger partial charge in [0.1, 0.15) is 23.8 Å². The Bertz CT molecular complexity index is 1310. The molecule has 0 spiro atoms. The standard InChI is InChI=1S/C31H33N3O3/c1-22-8-14-28(15-9-22)36-21-29-23(2)37-31(33-29)26-12-10-25(11-13-26)30(35)32-27-16-18-34(19-17-27)20-24-6-4-3-5-7-24/h3-15,27H,16-21H2,1-2H3,(H,32,35). The van der Waals surface area contributed by atoms with Crippen molar-refractivity contribution < 1.29 is 13.9 Å². The van der Waals surface area contributed by atoms with Crippen LogP contribution in [0.4, 0.5) is 0 Å². The van der Waals surface area contributed by atoms with Gasteiger partial charge in [0.2, 0.25) is 5.89 Å². The molecule has 0 aliphatic carbocycles. The third-order valence-electron chi connectivity index (χ3n) is 6.86. The summed E-state index contributed by atoms with van der Waals surface area (Å²) in [6.45, 7) is 7.20. The van der Waals surface area contributed by atoms with Crippen molar-refractivity contribution in [3.05, 3.63) is 107 Å². The summed E-state index contributed by atoms with van der Waals surface area (Å²) >= 11 is 0. The van der Waals surface area contributed by atoms with Gasteiger partial charge in [0, 0.05) is 36.8 Å². The molecular formula is C31H33N3O3. The second kappa shape index (κ2) is 11.4. The third kappa shape index (κ3) is 6.46. The van der Waals surface area contributed by atoms with Crippen LogP contribution in [0.1, 0.15) is 45.8 Å². The molecule has 1 aromatic heterocycles. The van der Waals surface area contributed by atoms with Crippen LogP contribution in [-0.2, 0) is 13.2 Å². The van der Waals surface area contributed by atoms with Gasteiger partial charge in [-0.15, -0.1) is 0 Å². The van der Waals surface area contributed by atoms with E-state index < -0.39 is 0 Å². The summed E-state index contributed by atoms with van der Waals surface area (Å²) in [6.07, 6.45) is 1.92.